The van der Waals surface area contributed by atoms with Crippen LogP contribution in [0.1, 0.15) is 47.2 Å². The number of piperidine rings is 1. The van der Waals surface area contributed by atoms with Gasteiger partial charge in [0, 0.05) is 44.3 Å². The Morgan fingerprint density at radius 2 is 1.69 bits per heavy atom. The van der Waals surface area contributed by atoms with E-state index < -0.39 is 0 Å². The fourth-order valence-corrected chi connectivity index (χ4v) is 5.12. The molecule has 1 atom stereocenters. The average Bonchev–Trinajstić information content (AvgIpc) is 3.34. The van der Waals surface area contributed by atoms with Gasteiger partial charge in [0.1, 0.15) is 0 Å². The van der Waals surface area contributed by atoms with Crippen molar-refractivity contribution in [2.75, 3.05) is 32.7 Å². The lowest BCUT2D eigenvalue weighted by atomic mass is 9.92. The van der Waals surface area contributed by atoms with E-state index in [0.29, 0.717) is 6.04 Å². The highest BCUT2D eigenvalue weighted by atomic mass is 16.2. The number of hydrogen-bond acceptors (Lipinski definition) is 3. The van der Waals surface area contributed by atoms with E-state index in [1.807, 2.05) is 17.0 Å². The van der Waals surface area contributed by atoms with E-state index in [1.54, 1.807) is 0 Å². The van der Waals surface area contributed by atoms with Crippen molar-refractivity contribution < 1.29 is 4.79 Å². The topological polar surface area (TPSA) is 35.6 Å². The molecule has 5 rings (SSSR count). The second-order valence-corrected chi connectivity index (χ2v) is 8.78. The number of nitrogens with one attached hydrogen (secondary N) is 1. The SMILES string of the molecule is O=C(c1ccc(-c2ccc3c(c2)CCN(C2CCCNC2)C3)cc1)N1CCCC1. The predicted octanol–water partition coefficient (Wildman–Crippen LogP) is 3.70. The van der Waals surface area contributed by atoms with E-state index in [-0.39, 0.29) is 5.91 Å². The quantitative estimate of drug-likeness (QED) is 0.869. The maximum absolute atomic E-state index is 12.6. The van der Waals surface area contributed by atoms with Crippen LogP contribution in [0.5, 0.6) is 0 Å². The van der Waals surface area contributed by atoms with Crippen molar-refractivity contribution in [1.82, 2.24) is 15.1 Å². The Kier molecular flexibility index (Phi) is 5.38. The smallest absolute Gasteiger partial charge is 0.253 e. The van der Waals surface area contributed by atoms with Gasteiger partial charge < -0.3 is 10.2 Å². The van der Waals surface area contributed by atoms with Gasteiger partial charge in [0.15, 0.2) is 0 Å². The Morgan fingerprint density at radius 3 is 2.45 bits per heavy atom. The highest BCUT2D eigenvalue weighted by Gasteiger charge is 2.25. The molecule has 0 saturated carbocycles. The number of carbonyl (C=O) groups is 1. The highest BCUT2D eigenvalue weighted by Crippen LogP contribution is 2.28. The number of nitrogens with zero attached hydrogens (tertiary/aromatic N) is 2. The Bertz CT molecular complexity index is 864. The lowest BCUT2D eigenvalue weighted by Crippen LogP contribution is -2.47. The first-order valence-corrected chi connectivity index (χ1v) is 11.2. The zero-order valence-electron chi connectivity index (χ0n) is 17.2. The van der Waals surface area contributed by atoms with Crippen LogP contribution in [0.4, 0.5) is 0 Å². The monoisotopic (exact) mass is 389 g/mol. The van der Waals surface area contributed by atoms with Gasteiger partial charge in [-0.15, -0.1) is 0 Å². The van der Waals surface area contributed by atoms with Crippen molar-refractivity contribution in [3.63, 3.8) is 0 Å². The second-order valence-electron chi connectivity index (χ2n) is 8.78. The van der Waals surface area contributed by atoms with Crippen LogP contribution in [0.25, 0.3) is 11.1 Å². The van der Waals surface area contributed by atoms with Crippen LogP contribution in [-0.4, -0.2) is 54.5 Å². The number of carbonyl (C=O) groups excluding carboxylic acids is 1. The van der Waals surface area contributed by atoms with E-state index in [4.69, 9.17) is 0 Å². The molecule has 4 heteroatoms. The average molecular weight is 390 g/mol. The normalized spacial score (nSPS) is 22.5. The molecule has 4 nitrogen and oxygen atoms in total. The molecule has 2 aromatic rings. The molecule has 0 spiro atoms. The van der Waals surface area contributed by atoms with Gasteiger partial charge >= 0.3 is 0 Å². The van der Waals surface area contributed by atoms with Gasteiger partial charge in [-0.25, -0.2) is 0 Å². The van der Waals surface area contributed by atoms with Crippen LogP contribution >= 0.6 is 0 Å². The third-order valence-electron chi connectivity index (χ3n) is 6.89. The molecular weight excluding hydrogens is 358 g/mol. The Hall–Kier alpha value is -2.17. The first-order chi connectivity index (χ1) is 14.3. The number of fused-ring (bicyclic) bond motifs is 1. The summed E-state index contributed by atoms with van der Waals surface area (Å²) in [6, 6.07) is 15.8. The van der Waals surface area contributed by atoms with E-state index >= 15 is 0 Å². The Balaban J connectivity index is 1.29. The molecule has 1 N–H and O–H groups in total. The minimum atomic E-state index is 0.178. The van der Waals surface area contributed by atoms with Gasteiger partial charge in [-0.1, -0.05) is 30.3 Å². The molecule has 0 bridgehead atoms. The standard InChI is InChI=1S/C25H31N3O/c29-25(27-13-1-2-14-27)20-7-5-19(6-8-20)21-9-10-23-18-28(15-11-22(23)16-21)24-4-3-12-26-17-24/h5-10,16,24,26H,1-4,11-15,17-18H2. The lowest BCUT2D eigenvalue weighted by molar-refractivity contribution is 0.0793. The molecule has 1 amide bonds. The molecule has 3 aliphatic heterocycles. The Labute approximate surface area is 173 Å². The van der Waals surface area contributed by atoms with Crippen LogP contribution in [0, 0.1) is 0 Å². The summed E-state index contributed by atoms with van der Waals surface area (Å²) < 4.78 is 0. The van der Waals surface area contributed by atoms with Crippen LogP contribution in [0.3, 0.4) is 0 Å². The lowest BCUT2D eigenvalue weighted by Gasteiger charge is -2.38. The van der Waals surface area contributed by atoms with Crippen molar-refractivity contribution in [1.29, 1.82) is 0 Å². The van der Waals surface area contributed by atoms with Crippen molar-refractivity contribution in [3.8, 4) is 11.1 Å². The number of benzene rings is 2. The largest absolute Gasteiger partial charge is 0.339 e. The number of likely N-dealkylation sites (tertiary alicyclic amines) is 1. The number of rotatable bonds is 3. The van der Waals surface area contributed by atoms with E-state index in [9.17, 15) is 4.79 Å². The van der Waals surface area contributed by atoms with Crippen molar-refractivity contribution >= 4 is 5.91 Å². The first kappa shape index (κ1) is 18.8. The fraction of sp³-hybridized carbons (Fsp3) is 0.480. The van der Waals surface area contributed by atoms with Crippen LogP contribution in [0.2, 0.25) is 0 Å². The van der Waals surface area contributed by atoms with E-state index in [2.05, 4.69) is 40.5 Å². The van der Waals surface area contributed by atoms with Crippen molar-refractivity contribution in [2.45, 2.75) is 44.7 Å². The second kappa shape index (κ2) is 8.29. The predicted molar refractivity (Wildman–Crippen MR) is 117 cm³/mol. The van der Waals surface area contributed by atoms with E-state index in [0.717, 1.165) is 57.5 Å². The highest BCUT2D eigenvalue weighted by molar-refractivity contribution is 5.94. The molecule has 0 radical (unpaired) electrons. The molecule has 0 aliphatic carbocycles. The van der Waals surface area contributed by atoms with Crippen LogP contribution in [0.15, 0.2) is 42.5 Å². The molecular formula is C25H31N3O. The molecule has 2 aromatic carbocycles. The maximum atomic E-state index is 12.6. The minimum Gasteiger partial charge on any atom is -0.339 e. The molecule has 152 valence electrons. The summed E-state index contributed by atoms with van der Waals surface area (Å²) in [5, 5.41) is 3.55. The summed E-state index contributed by atoms with van der Waals surface area (Å²) in [7, 11) is 0. The van der Waals surface area contributed by atoms with Gasteiger partial charge in [-0.05, 0) is 73.0 Å². The van der Waals surface area contributed by atoms with Gasteiger partial charge in [0.05, 0.1) is 0 Å². The summed E-state index contributed by atoms with van der Waals surface area (Å²) in [4.78, 5) is 17.2. The van der Waals surface area contributed by atoms with Gasteiger partial charge in [0.2, 0.25) is 0 Å². The van der Waals surface area contributed by atoms with Gasteiger partial charge in [0.25, 0.3) is 5.91 Å². The zero-order chi connectivity index (χ0) is 19.6. The molecule has 3 heterocycles. The minimum absolute atomic E-state index is 0.178. The summed E-state index contributed by atoms with van der Waals surface area (Å²) in [5.41, 5.74) is 6.23. The molecule has 2 saturated heterocycles. The summed E-state index contributed by atoms with van der Waals surface area (Å²) in [6.07, 6.45) is 6.01. The third-order valence-corrected chi connectivity index (χ3v) is 6.89. The van der Waals surface area contributed by atoms with Crippen LogP contribution in [-0.2, 0) is 13.0 Å². The molecule has 2 fully saturated rings. The zero-order valence-corrected chi connectivity index (χ0v) is 17.2. The van der Waals surface area contributed by atoms with Crippen molar-refractivity contribution in [2.24, 2.45) is 0 Å². The van der Waals surface area contributed by atoms with Gasteiger partial charge in [-0.2, -0.15) is 0 Å². The van der Waals surface area contributed by atoms with Crippen LogP contribution < -0.4 is 5.32 Å². The van der Waals surface area contributed by atoms with Gasteiger partial charge in [-0.3, -0.25) is 9.69 Å². The summed E-state index contributed by atoms with van der Waals surface area (Å²) in [6.45, 7) is 6.35. The summed E-state index contributed by atoms with van der Waals surface area (Å²) >= 11 is 0. The molecule has 1 unspecified atom stereocenters. The molecule has 29 heavy (non-hydrogen) atoms. The fourth-order valence-electron chi connectivity index (χ4n) is 5.12. The number of hydrogen-bond donors (Lipinski definition) is 1. The first-order valence-electron chi connectivity index (χ1n) is 11.2. The molecule has 0 aromatic heterocycles. The van der Waals surface area contributed by atoms with Crippen molar-refractivity contribution in [3.05, 3.63) is 59.2 Å². The van der Waals surface area contributed by atoms with E-state index in [1.165, 1.54) is 41.6 Å². The number of amides is 1. The third kappa shape index (κ3) is 3.96. The maximum Gasteiger partial charge on any atom is 0.253 e. The molecule has 3 aliphatic rings. The Morgan fingerprint density at radius 1 is 0.897 bits per heavy atom. The summed E-state index contributed by atoms with van der Waals surface area (Å²) in [5.74, 6) is 0.178.